The Hall–Kier alpha value is -0.650. The third-order valence-electron chi connectivity index (χ3n) is 3.71. The molecule has 3 N–H and O–H groups in total. The summed E-state index contributed by atoms with van der Waals surface area (Å²) in [6.45, 7) is 13.7. The van der Waals surface area contributed by atoms with Gasteiger partial charge in [-0.2, -0.15) is 0 Å². The highest BCUT2D eigenvalue weighted by molar-refractivity contribution is 5.84. The highest BCUT2D eigenvalue weighted by Crippen LogP contribution is 2.22. The van der Waals surface area contributed by atoms with E-state index in [9.17, 15) is 4.79 Å². The number of carbonyl (C=O) groups excluding carboxylic acids is 1. The van der Waals surface area contributed by atoms with Gasteiger partial charge in [-0.1, -0.05) is 13.8 Å². The number of carbonyl (C=O) groups is 1. The first-order valence-corrected chi connectivity index (χ1v) is 7.03. The van der Waals surface area contributed by atoms with Gasteiger partial charge in [-0.25, -0.2) is 0 Å². The molecule has 0 aliphatic rings. The number of primary amides is 1. The molecule has 5 nitrogen and oxygen atoms in total. The molecule has 0 bridgehead atoms. The second-order valence-electron chi connectivity index (χ2n) is 5.79. The molecule has 1 atom stereocenters. The fourth-order valence-electron chi connectivity index (χ4n) is 2.19. The first kappa shape index (κ1) is 18.4. The highest BCUT2D eigenvalue weighted by atomic mass is 16.5. The summed E-state index contributed by atoms with van der Waals surface area (Å²) in [6, 6.07) is 0. The molecule has 114 valence electrons. The number of hydrogen-bond acceptors (Lipinski definition) is 4. The van der Waals surface area contributed by atoms with E-state index in [1.54, 1.807) is 7.11 Å². The normalized spacial score (nSPS) is 15.5. The summed E-state index contributed by atoms with van der Waals surface area (Å²) in [5.41, 5.74) is 4.42. The number of ether oxygens (including phenoxy) is 1. The van der Waals surface area contributed by atoms with Crippen molar-refractivity contribution in [2.45, 2.75) is 52.2 Å². The monoisotopic (exact) mass is 273 g/mol. The molecule has 0 fully saturated rings. The summed E-state index contributed by atoms with van der Waals surface area (Å²) in [4.78, 5) is 14.0. The number of amides is 1. The third kappa shape index (κ3) is 6.36. The largest absolute Gasteiger partial charge is 0.379 e. The van der Waals surface area contributed by atoms with Crippen molar-refractivity contribution in [3.63, 3.8) is 0 Å². The van der Waals surface area contributed by atoms with Crippen LogP contribution in [0.25, 0.3) is 0 Å². The maximum Gasteiger partial charge on any atom is 0.237 e. The molecule has 1 unspecified atom stereocenters. The Balaban J connectivity index is 4.52. The van der Waals surface area contributed by atoms with Crippen LogP contribution in [0.15, 0.2) is 0 Å². The van der Waals surface area contributed by atoms with Gasteiger partial charge in [0, 0.05) is 26.6 Å². The second kappa shape index (κ2) is 7.82. The van der Waals surface area contributed by atoms with E-state index in [-0.39, 0.29) is 11.5 Å². The first-order valence-electron chi connectivity index (χ1n) is 7.03. The lowest BCUT2D eigenvalue weighted by Crippen LogP contribution is -2.57. The van der Waals surface area contributed by atoms with Gasteiger partial charge in [0.25, 0.3) is 0 Å². The molecule has 0 aromatic carbocycles. The van der Waals surface area contributed by atoms with E-state index in [2.05, 4.69) is 24.1 Å². The third-order valence-corrected chi connectivity index (χ3v) is 3.71. The quantitative estimate of drug-likeness (QED) is 0.622. The summed E-state index contributed by atoms with van der Waals surface area (Å²) >= 11 is 0. The number of hydrogen-bond donors (Lipinski definition) is 2. The Morgan fingerprint density at radius 3 is 2.16 bits per heavy atom. The molecule has 0 aromatic heterocycles. The SMILES string of the molecule is CCN(CC)CCNC(C)(CC(C)(C)OC)C(N)=O. The van der Waals surface area contributed by atoms with Gasteiger partial charge in [0.15, 0.2) is 0 Å². The van der Waals surface area contributed by atoms with E-state index in [4.69, 9.17) is 10.5 Å². The predicted octanol–water partition coefficient (Wildman–Crippen LogP) is 0.977. The predicted molar refractivity (Wildman–Crippen MR) is 79.1 cm³/mol. The molecule has 5 heteroatoms. The minimum atomic E-state index is -0.743. The lowest BCUT2D eigenvalue weighted by molar-refractivity contribution is -0.127. The van der Waals surface area contributed by atoms with Gasteiger partial charge in [0.2, 0.25) is 5.91 Å². The summed E-state index contributed by atoms with van der Waals surface area (Å²) < 4.78 is 5.40. The summed E-state index contributed by atoms with van der Waals surface area (Å²) in [5, 5.41) is 3.29. The number of methoxy groups -OCH3 is 1. The van der Waals surface area contributed by atoms with Crippen LogP contribution in [0.5, 0.6) is 0 Å². The van der Waals surface area contributed by atoms with E-state index >= 15 is 0 Å². The summed E-state index contributed by atoms with van der Waals surface area (Å²) in [7, 11) is 1.65. The summed E-state index contributed by atoms with van der Waals surface area (Å²) in [6.07, 6.45) is 0.546. The average Bonchev–Trinajstić information content (AvgIpc) is 2.34. The topological polar surface area (TPSA) is 67.6 Å². The lowest BCUT2D eigenvalue weighted by atomic mass is 9.87. The number of likely N-dealkylation sites (N-methyl/N-ethyl adjacent to an activating group) is 1. The van der Waals surface area contributed by atoms with Crippen molar-refractivity contribution in [2.75, 3.05) is 33.3 Å². The molecule has 0 saturated carbocycles. The van der Waals surface area contributed by atoms with Crippen molar-refractivity contribution < 1.29 is 9.53 Å². The maximum absolute atomic E-state index is 11.7. The second-order valence-corrected chi connectivity index (χ2v) is 5.79. The van der Waals surface area contributed by atoms with Crippen LogP contribution in [0.1, 0.15) is 41.0 Å². The zero-order chi connectivity index (χ0) is 15.1. The lowest BCUT2D eigenvalue weighted by Gasteiger charge is -2.35. The first-order chi connectivity index (χ1) is 8.70. The van der Waals surface area contributed by atoms with Gasteiger partial charge in [-0.05, 0) is 33.9 Å². The number of nitrogens with two attached hydrogens (primary N) is 1. The Bertz CT molecular complexity index is 278. The maximum atomic E-state index is 11.7. The molecule has 0 radical (unpaired) electrons. The minimum absolute atomic E-state index is 0.336. The molecule has 19 heavy (non-hydrogen) atoms. The summed E-state index contributed by atoms with van der Waals surface area (Å²) in [5.74, 6) is -0.336. The van der Waals surface area contributed by atoms with E-state index in [0.717, 1.165) is 26.2 Å². The molecular weight excluding hydrogens is 242 g/mol. The van der Waals surface area contributed by atoms with Crippen molar-refractivity contribution in [3.8, 4) is 0 Å². The molecule has 0 aliphatic carbocycles. The van der Waals surface area contributed by atoms with E-state index in [1.165, 1.54) is 0 Å². The molecule has 0 heterocycles. The Morgan fingerprint density at radius 1 is 1.26 bits per heavy atom. The zero-order valence-corrected chi connectivity index (χ0v) is 13.4. The van der Waals surface area contributed by atoms with Gasteiger partial charge in [0.1, 0.15) is 0 Å². The van der Waals surface area contributed by atoms with E-state index in [0.29, 0.717) is 6.42 Å². The Labute approximate surface area is 117 Å². The van der Waals surface area contributed by atoms with Gasteiger partial charge >= 0.3 is 0 Å². The van der Waals surface area contributed by atoms with Crippen LogP contribution in [0.2, 0.25) is 0 Å². The van der Waals surface area contributed by atoms with E-state index in [1.807, 2.05) is 20.8 Å². The molecular formula is C14H31N3O2. The van der Waals surface area contributed by atoms with Gasteiger partial charge < -0.3 is 20.7 Å². The van der Waals surface area contributed by atoms with Crippen molar-refractivity contribution in [2.24, 2.45) is 5.73 Å². The van der Waals surface area contributed by atoms with Crippen LogP contribution >= 0.6 is 0 Å². The molecule has 1 amide bonds. The van der Waals surface area contributed by atoms with Crippen LogP contribution in [-0.4, -0.2) is 55.2 Å². The number of nitrogens with zero attached hydrogens (tertiary/aromatic N) is 1. The minimum Gasteiger partial charge on any atom is -0.379 e. The van der Waals surface area contributed by atoms with Crippen LogP contribution in [-0.2, 0) is 9.53 Å². The molecule has 0 rings (SSSR count). The van der Waals surface area contributed by atoms with Crippen LogP contribution in [0.4, 0.5) is 0 Å². The smallest absolute Gasteiger partial charge is 0.237 e. The molecule has 0 aliphatic heterocycles. The van der Waals surface area contributed by atoms with Crippen LogP contribution in [0, 0.1) is 0 Å². The molecule has 0 saturated heterocycles. The highest BCUT2D eigenvalue weighted by Gasteiger charge is 2.37. The zero-order valence-electron chi connectivity index (χ0n) is 13.4. The fourth-order valence-corrected chi connectivity index (χ4v) is 2.19. The van der Waals surface area contributed by atoms with Crippen molar-refractivity contribution >= 4 is 5.91 Å². The Morgan fingerprint density at radius 2 is 1.79 bits per heavy atom. The van der Waals surface area contributed by atoms with Crippen molar-refractivity contribution in [1.29, 1.82) is 0 Å². The van der Waals surface area contributed by atoms with Crippen molar-refractivity contribution in [3.05, 3.63) is 0 Å². The van der Waals surface area contributed by atoms with Crippen LogP contribution in [0.3, 0.4) is 0 Å². The van der Waals surface area contributed by atoms with Gasteiger partial charge in [0.05, 0.1) is 11.1 Å². The fraction of sp³-hybridized carbons (Fsp3) is 0.929. The molecule has 0 aromatic rings. The van der Waals surface area contributed by atoms with Crippen molar-refractivity contribution in [1.82, 2.24) is 10.2 Å². The standard InChI is InChI=1S/C14H31N3O2/c1-7-17(8-2)10-9-16-14(5,12(15)18)11-13(3,4)19-6/h16H,7-11H2,1-6H3,(H2,15,18). The van der Waals surface area contributed by atoms with Gasteiger partial charge in [-0.15, -0.1) is 0 Å². The number of rotatable bonds is 10. The van der Waals surface area contributed by atoms with E-state index < -0.39 is 5.54 Å². The average molecular weight is 273 g/mol. The molecule has 0 spiro atoms. The Kier molecular flexibility index (Phi) is 7.55. The van der Waals surface area contributed by atoms with Gasteiger partial charge in [-0.3, -0.25) is 4.79 Å². The number of nitrogens with one attached hydrogen (secondary N) is 1. The van der Waals surface area contributed by atoms with Crippen LogP contribution < -0.4 is 11.1 Å².